The highest BCUT2D eigenvalue weighted by molar-refractivity contribution is 5.95. The molecule has 1 atom stereocenters. The second-order valence-electron chi connectivity index (χ2n) is 5.28. The summed E-state index contributed by atoms with van der Waals surface area (Å²) in [6.45, 7) is 3.75. The molecule has 1 aliphatic carbocycles. The minimum absolute atomic E-state index is 0.318. The Hall–Kier alpha value is -2.50. The van der Waals surface area contributed by atoms with Crippen molar-refractivity contribution in [1.82, 2.24) is 5.32 Å². The van der Waals surface area contributed by atoms with E-state index in [0.717, 1.165) is 23.8 Å². The molecular weight excluding hydrogens is 275 g/mol. The fourth-order valence-corrected chi connectivity index (χ4v) is 2.04. The predicted molar refractivity (Wildman–Crippen MR) is 76.4 cm³/mol. The van der Waals surface area contributed by atoms with E-state index in [1.807, 2.05) is 25.2 Å². The van der Waals surface area contributed by atoms with Crippen molar-refractivity contribution in [3.63, 3.8) is 0 Å². The fourth-order valence-electron chi connectivity index (χ4n) is 2.04. The highest BCUT2D eigenvalue weighted by atomic mass is 19.1. The standard InChI is InChI=1S/C15H15FN2O3/c1-10-5-7-15(2,8-6-10)17-14(19)12-9-11(18(20)21)3-4-13(12)16/h3-7,9H,8H2,1-2H3,(H,17,19). The highest BCUT2D eigenvalue weighted by Gasteiger charge is 2.26. The number of rotatable bonds is 3. The maximum Gasteiger partial charge on any atom is 0.270 e. The second-order valence-corrected chi connectivity index (χ2v) is 5.28. The van der Waals surface area contributed by atoms with Gasteiger partial charge in [0.25, 0.3) is 11.6 Å². The van der Waals surface area contributed by atoms with Crippen molar-refractivity contribution in [3.8, 4) is 0 Å². The number of nitro benzene ring substituents is 1. The lowest BCUT2D eigenvalue weighted by molar-refractivity contribution is -0.384. The lowest BCUT2D eigenvalue weighted by Gasteiger charge is -2.29. The van der Waals surface area contributed by atoms with Crippen molar-refractivity contribution < 1.29 is 14.1 Å². The second kappa shape index (κ2) is 5.47. The molecule has 0 saturated heterocycles. The number of allylic oxidation sites excluding steroid dienone is 2. The zero-order chi connectivity index (χ0) is 15.6. The number of nitrogens with zero attached hydrogens (tertiary/aromatic N) is 1. The van der Waals surface area contributed by atoms with Gasteiger partial charge in [0.05, 0.1) is 16.0 Å². The van der Waals surface area contributed by atoms with Crippen molar-refractivity contribution in [2.45, 2.75) is 25.8 Å². The summed E-state index contributed by atoms with van der Waals surface area (Å²) in [6.07, 6.45) is 6.24. The third-order valence-corrected chi connectivity index (χ3v) is 3.37. The molecule has 0 heterocycles. The largest absolute Gasteiger partial charge is 0.343 e. The Balaban J connectivity index is 2.23. The molecule has 110 valence electrons. The molecule has 0 saturated carbocycles. The Morgan fingerprint density at radius 2 is 2.19 bits per heavy atom. The monoisotopic (exact) mass is 290 g/mol. The minimum atomic E-state index is -0.784. The van der Waals surface area contributed by atoms with E-state index in [-0.39, 0.29) is 11.3 Å². The summed E-state index contributed by atoms with van der Waals surface area (Å²) < 4.78 is 13.7. The topological polar surface area (TPSA) is 72.2 Å². The Morgan fingerprint density at radius 1 is 1.48 bits per heavy atom. The predicted octanol–water partition coefficient (Wildman–Crippen LogP) is 3.13. The number of hydrogen-bond donors (Lipinski definition) is 1. The van der Waals surface area contributed by atoms with Crippen LogP contribution in [0.4, 0.5) is 10.1 Å². The van der Waals surface area contributed by atoms with E-state index in [9.17, 15) is 19.3 Å². The zero-order valence-corrected chi connectivity index (χ0v) is 11.7. The summed E-state index contributed by atoms with van der Waals surface area (Å²) in [5.74, 6) is -1.45. The van der Waals surface area contributed by atoms with E-state index in [1.54, 1.807) is 6.92 Å². The van der Waals surface area contributed by atoms with E-state index in [2.05, 4.69) is 5.32 Å². The van der Waals surface area contributed by atoms with Gasteiger partial charge in [-0.25, -0.2) is 4.39 Å². The molecule has 2 rings (SSSR count). The fraction of sp³-hybridized carbons (Fsp3) is 0.267. The van der Waals surface area contributed by atoms with Gasteiger partial charge in [0.2, 0.25) is 0 Å². The lowest BCUT2D eigenvalue weighted by atomic mass is 9.90. The highest BCUT2D eigenvalue weighted by Crippen LogP contribution is 2.22. The van der Waals surface area contributed by atoms with Gasteiger partial charge in [0.15, 0.2) is 0 Å². The summed E-state index contributed by atoms with van der Waals surface area (Å²) in [5, 5.41) is 13.4. The molecule has 1 aliphatic rings. The zero-order valence-electron chi connectivity index (χ0n) is 11.7. The summed E-state index contributed by atoms with van der Waals surface area (Å²) in [4.78, 5) is 22.2. The third kappa shape index (κ3) is 3.34. The molecule has 21 heavy (non-hydrogen) atoms. The van der Waals surface area contributed by atoms with Crippen LogP contribution in [0.15, 0.2) is 42.0 Å². The first kappa shape index (κ1) is 14.9. The van der Waals surface area contributed by atoms with Gasteiger partial charge in [-0.05, 0) is 26.3 Å². The molecule has 1 aromatic carbocycles. The summed E-state index contributed by atoms with van der Waals surface area (Å²) >= 11 is 0. The van der Waals surface area contributed by atoms with Gasteiger partial charge in [0.1, 0.15) is 5.82 Å². The molecule has 1 aromatic rings. The third-order valence-electron chi connectivity index (χ3n) is 3.37. The Bertz CT molecular complexity index is 667. The molecule has 5 nitrogen and oxygen atoms in total. The average molecular weight is 290 g/mol. The molecule has 0 fully saturated rings. The van der Waals surface area contributed by atoms with E-state index in [1.165, 1.54) is 0 Å². The molecule has 6 heteroatoms. The number of benzene rings is 1. The van der Waals surface area contributed by atoms with Crippen LogP contribution in [-0.4, -0.2) is 16.4 Å². The van der Waals surface area contributed by atoms with Crippen molar-refractivity contribution in [1.29, 1.82) is 0 Å². The smallest absolute Gasteiger partial charge is 0.270 e. The summed E-state index contributed by atoms with van der Waals surface area (Å²) in [5.41, 5.74) is -0.191. The maximum absolute atomic E-state index is 13.7. The molecular formula is C15H15FN2O3. The van der Waals surface area contributed by atoms with Gasteiger partial charge >= 0.3 is 0 Å². The normalized spacial score (nSPS) is 20.8. The van der Waals surface area contributed by atoms with Crippen LogP contribution in [0.2, 0.25) is 0 Å². The molecule has 1 N–H and O–H groups in total. The summed E-state index contributed by atoms with van der Waals surface area (Å²) in [7, 11) is 0. The number of carbonyl (C=O) groups is 1. The molecule has 1 unspecified atom stereocenters. The van der Waals surface area contributed by atoms with Crippen LogP contribution in [0.3, 0.4) is 0 Å². The van der Waals surface area contributed by atoms with Gasteiger partial charge in [-0.1, -0.05) is 23.8 Å². The van der Waals surface area contributed by atoms with Crippen LogP contribution in [0.25, 0.3) is 0 Å². The van der Waals surface area contributed by atoms with Crippen molar-refractivity contribution in [3.05, 3.63) is 63.5 Å². The van der Waals surface area contributed by atoms with Crippen molar-refractivity contribution >= 4 is 11.6 Å². The van der Waals surface area contributed by atoms with Crippen LogP contribution >= 0.6 is 0 Å². The number of nitrogens with one attached hydrogen (secondary N) is 1. The van der Waals surface area contributed by atoms with E-state index in [0.29, 0.717) is 6.42 Å². The number of amides is 1. The van der Waals surface area contributed by atoms with Crippen LogP contribution in [0, 0.1) is 15.9 Å². The first-order chi connectivity index (χ1) is 9.81. The molecule has 0 aromatic heterocycles. The van der Waals surface area contributed by atoms with Gasteiger partial charge in [-0.2, -0.15) is 0 Å². The number of non-ortho nitro benzene ring substituents is 1. The Kier molecular flexibility index (Phi) is 3.88. The first-order valence-corrected chi connectivity index (χ1v) is 6.43. The first-order valence-electron chi connectivity index (χ1n) is 6.43. The van der Waals surface area contributed by atoms with E-state index >= 15 is 0 Å². The quantitative estimate of drug-likeness (QED) is 0.686. The number of carbonyl (C=O) groups excluding carboxylic acids is 1. The number of hydrogen-bond acceptors (Lipinski definition) is 3. The minimum Gasteiger partial charge on any atom is -0.343 e. The van der Waals surface area contributed by atoms with Crippen molar-refractivity contribution in [2.24, 2.45) is 0 Å². The number of nitro groups is 1. The van der Waals surface area contributed by atoms with E-state index in [4.69, 9.17) is 0 Å². The SMILES string of the molecule is CC1=CCC(C)(NC(=O)c2cc([N+](=O)[O-])ccc2F)C=C1. The molecule has 1 amide bonds. The van der Waals surface area contributed by atoms with Gasteiger partial charge in [0, 0.05) is 12.1 Å². The lowest BCUT2D eigenvalue weighted by Crippen LogP contribution is -2.45. The molecule has 0 radical (unpaired) electrons. The summed E-state index contributed by atoms with van der Waals surface area (Å²) in [6, 6.07) is 2.90. The van der Waals surface area contributed by atoms with Crippen LogP contribution in [0.5, 0.6) is 0 Å². The Labute approximate surface area is 121 Å². The van der Waals surface area contributed by atoms with Crippen LogP contribution in [0.1, 0.15) is 30.6 Å². The van der Waals surface area contributed by atoms with Gasteiger partial charge < -0.3 is 5.32 Å². The van der Waals surface area contributed by atoms with E-state index < -0.39 is 22.2 Å². The number of halogens is 1. The van der Waals surface area contributed by atoms with Crippen LogP contribution < -0.4 is 5.32 Å². The molecule has 0 bridgehead atoms. The van der Waals surface area contributed by atoms with Gasteiger partial charge in [-0.3, -0.25) is 14.9 Å². The van der Waals surface area contributed by atoms with Crippen molar-refractivity contribution in [2.75, 3.05) is 0 Å². The Morgan fingerprint density at radius 3 is 2.76 bits per heavy atom. The van der Waals surface area contributed by atoms with Crippen LogP contribution in [-0.2, 0) is 0 Å². The average Bonchev–Trinajstić information content (AvgIpc) is 2.42. The molecule has 0 aliphatic heterocycles. The van der Waals surface area contributed by atoms with Gasteiger partial charge in [-0.15, -0.1) is 0 Å². The molecule has 0 spiro atoms. The maximum atomic E-state index is 13.7.